The van der Waals surface area contributed by atoms with E-state index in [0.717, 1.165) is 0 Å². The molecule has 3 nitrogen and oxygen atoms in total. The van der Waals surface area contributed by atoms with E-state index in [1.54, 1.807) is 6.07 Å². The predicted octanol–water partition coefficient (Wildman–Crippen LogP) is 2.51. The first-order chi connectivity index (χ1) is 6.50. The van der Waals surface area contributed by atoms with Gasteiger partial charge in [-0.2, -0.15) is 0 Å². The molecule has 0 spiro atoms. The van der Waals surface area contributed by atoms with Crippen LogP contribution in [0.25, 0.3) is 0 Å². The van der Waals surface area contributed by atoms with Crippen molar-refractivity contribution in [3.63, 3.8) is 0 Å². The lowest BCUT2D eigenvalue weighted by molar-refractivity contribution is 0.776. The number of rotatable bonds is 2. The van der Waals surface area contributed by atoms with Crippen LogP contribution in [0, 0.1) is 0 Å². The summed E-state index contributed by atoms with van der Waals surface area (Å²) in [6.45, 7) is 0.296. The van der Waals surface area contributed by atoms with Gasteiger partial charge in [0, 0.05) is 18.4 Å². The highest BCUT2D eigenvalue weighted by Crippen LogP contribution is 2.10. The standard InChI is InChI=1S/C8H7BrCl2N2O/c9-6-3-5(12)4-13(8(6)14)2-1-7(10)11/h1,3-4H,2,12H2. The van der Waals surface area contributed by atoms with Gasteiger partial charge in [-0.25, -0.2) is 0 Å². The summed E-state index contributed by atoms with van der Waals surface area (Å²) in [6.07, 6.45) is 3.04. The van der Waals surface area contributed by atoms with Gasteiger partial charge in [-0.3, -0.25) is 4.79 Å². The summed E-state index contributed by atoms with van der Waals surface area (Å²) in [7, 11) is 0. The van der Waals surface area contributed by atoms with Crippen molar-refractivity contribution in [3.05, 3.63) is 37.7 Å². The summed E-state index contributed by atoms with van der Waals surface area (Å²) in [5.74, 6) is 0. The Balaban J connectivity index is 3.09. The van der Waals surface area contributed by atoms with Gasteiger partial charge in [-0.05, 0) is 28.1 Å². The fourth-order valence-corrected chi connectivity index (χ4v) is 1.55. The molecule has 0 aromatic carbocycles. The Morgan fingerprint density at radius 1 is 1.64 bits per heavy atom. The Labute approximate surface area is 99.2 Å². The lowest BCUT2D eigenvalue weighted by Crippen LogP contribution is -2.20. The maximum Gasteiger partial charge on any atom is 0.265 e. The number of nitrogens with zero attached hydrogens (tertiary/aromatic N) is 1. The summed E-state index contributed by atoms with van der Waals surface area (Å²) < 4.78 is 1.94. The highest BCUT2D eigenvalue weighted by atomic mass is 79.9. The second kappa shape index (κ2) is 4.87. The van der Waals surface area contributed by atoms with Crippen molar-refractivity contribution in [2.75, 3.05) is 5.73 Å². The number of hydrogen-bond donors (Lipinski definition) is 1. The van der Waals surface area contributed by atoms with Crippen LogP contribution in [0.1, 0.15) is 0 Å². The SMILES string of the molecule is Nc1cc(Br)c(=O)n(CC=C(Cl)Cl)c1. The fourth-order valence-electron chi connectivity index (χ4n) is 0.924. The molecule has 1 aromatic heterocycles. The average molecular weight is 298 g/mol. The lowest BCUT2D eigenvalue weighted by Gasteiger charge is -2.04. The molecule has 0 aliphatic rings. The topological polar surface area (TPSA) is 48.0 Å². The third kappa shape index (κ3) is 3.04. The maximum absolute atomic E-state index is 11.5. The van der Waals surface area contributed by atoms with Crippen LogP contribution in [0.4, 0.5) is 5.69 Å². The van der Waals surface area contributed by atoms with Gasteiger partial charge >= 0.3 is 0 Å². The number of aromatic nitrogens is 1. The Morgan fingerprint density at radius 2 is 2.29 bits per heavy atom. The largest absolute Gasteiger partial charge is 0.398 e. The van der Waals surface area contributed by atoms with E-state index in [2.05, 4.69) is 15.9 Å². The van der Waals surface area contributed by atoms with Crippen LogP contribution in [0.15, 0.2) is 32.1 Å². The number of anilines is 1. The zero-order valence-electron chi connectivity index (χ0n) is 7.01. The minimum absolute atomic E-state index is 0.121. The van der Waals surface area contributed by atoms with Crippen molar-refractivity contribution < 1.29 is 0 Å². The van der Waals surface area contributed by atoms with E-state index < -0.39 is 0 Å². The molecule has 0 aliphatic carbocycles. The normalized spacial score (nSPS) is 9.93. The van der Waals surface area contributed by atoms with Gasteiger partial charge < -0.3 is 10.3 Å². The van der Waals surface area contributed by atoms with E-state index in [0.29, 0.717) is 16.7 Å². The molecule has 0 bridgehead atoms. The Morgan fingerprint density at radius 3 is 2.86 bits per heavy atom. The van der Waals surface area contributed by atoms with Crippen molar-refractivity contribution in [2.24, 2.45) is 0 Å². The summed E-state index contributed by atoms with van der Waals surface area (Å²) in [4.78, 5) is 11.5. The van der Waals surface area contributed by atoms with Crippen LogP contribution in [0.2, 0.25) is 0 Å². The monoisotopic (exact) mass is 296 g/mol. The second-order valence-corrected chi connectivity index (χ2v) is 4.43. The van der Waals surface area contributed by atoms with Crippen molar-refractivity contribution in [1.82, 2.24) is 4.57 Å². The van der Waals surface area contributed by atoms with Gasteiger partial charge in [0.25, 0.3) is 5.56 Å². The van der Waals surface area contributed by atoms with Gasteiger partial charge in [0.2, 0.25) is 0 Å². The molecule has 0 atom stereocenters. The zero-order chi connectivity index (χ0) is 10.7. The Hall–Kier alpha value is -0.450. The third-order valence-electron chi connectivity index (χ3n) is 1.51. The molecule has 0 radical (unpaired) electrons. The van der Waals surface area contributed by atoms with Gasteiger partial charge in [-0.1, -0.05) is 23.2 Å². The molecular weight excluding hydrogens is 291 g/mol. The van der Waals surface area contributed by atoms with E-state index in [1.165, 1.54) is 16.8 Å². The first-order valence-corrected chi connectivity index (χ1v) is 5.22. The summed E-state index contributed by atoms with van der Waals surface area (Å²) in [5.41, 5.74) is 5.88. The number of nitrogens with two attached hydrogens (primary N) is 1. The van der Waals surface area contributed by atoms with Crippen LogP contribution in [-0.4, -0.2) is 4.57 Å². The van der Waals surface area contributed by atoms with E-state index in [9.17, 15) is 4.79 Å². The van der Waals surface area contributed by atoms with Gasteiger partial charge in [0.05, 0.1) is 4.47 Å². The number of halogens is 3. The highest BCUT2D eigenvalue weighted by molar-refractivity contribution is 9.10. The minimum Gasteiger partial charge on any atom is -0.398 e. The molecule has 0 unspecified atom stereocenters. The van der Waals surface area contributed by atoms with Crippen LogP contribution in [-0.2, 0) is 6.54 Å². The number of nitrogen functional groups attached to an aromatic ring is 1. The van der Waals surface area contributed by atoms with Crippen LogP contribution >= 0.6 is 39.1 Å². The maximum atomic E-state index is 11.5. The van der Waals surface area contributed by atoms with Gasteiger partial charge in [0.1, 0.15) is 4.49 Å². The van der Waals surface area contributed by atoms with Crippen LogP contribution in [0.3, 0.4) is 0 Å². The molecule has 76 valence electrons. The molecule has 0 aliphatic heterocycles. The molecule has 1 rings (SSSR count). The highest BCUT2D eigenvalue weighted by Gasteiger charge is 2.01. The van der Waals surface area contributed by atoms with Crippen molar-refractivity contribution in [3.8, 4) is 0 Å². The Kier molecular flexibility index (Phi) is 4.04. The fraction of sp³-hybridized carbons (Fsp3) is 0.125. The average Bonchev–Trinajstić information content (AvgIpc) is 2.08. The molecule has 14 heavy (non-hydrogen) atoms. The van der Waals surface area contributed by atoms with E-state index >= 15 is 0 Å². The predicted molar refractivity (Wildman–Crippen MR) is 62.6 cm³/mol. The molecule has 0 saturated heterocycles. The van der Waals surface area contributed by atoms with Crippen LogP contribution < -0.4 is 11.3 Å². The van der Waals surface area contributed by atoms with Crippen molar-refractivity contribution >= 4 is 44.8 Å². The molecule has 0 amide bonds. The minimum atomic E-state index is -0.176. The molecule has 1 aromatic rings. The first kappa shape index (κ1) is 11.6. The summed E-state index contributed by atoms with van der Waals surface area (Å²) in [6, 6.07) is 1.55. The van der Waals surface area contributed by atoms with Crippen molar-refractivity contribution in [1.29, 1.82) is 0 Å². The molecule has 6 heteroatoms. The van der Waals surface area contributed by atoms with E-state index in [4.69, 9.17) is 28.9 Å². The van der Waals surface area contributed by atoms with E-state index in [1.807, 2.05) is 0 Å². The van der Waals surface area contributed by atoms with Crippen molar-refractivity contribution in [2.45, 2.75) is 6.54 Å². The molecule has 2 N–H and O–H groups in total. The summed E-state index contributed by atoms with van der Waals surface area (Å²) >= 11 is 14.0. The Bertz CT molecular complexity index is 424. The van der Waals surface area contributed by atoms with Gasteiger partial charge in [-0.15, -0.1) is 0 Å². The molecular formula is C8H7BrCl2N2O. The second-order valence-electron chi connectivity index (χ2n) is 2.57. The smallest absolute Gasteiger partial charge is 0.265 e. The quantitative estimate of drug-likeness (QED) is 0.912. The molecule has 0 saturated carbocycles. The molecule has 1 heterocycles. The lowest BCUT2D eigenvalue weighted by atomic mass is 10.4. The zero-order valence-corrected chi connectivity index (χ0v) is 10.1. The number of allylic oxidation sites excluding steroid dienone is 1. The summed E-state index contributed by atoms with van der Waals surface area (Å²) in [5, 5.41) is 0. The first-order valence-electron chi connectivity index (χ1n) is 3.67. The van der Waals surface area contributed by atoms with E-state index in [-0.39, 0.29) is 10.1 Å². The number of hydrogen-bond acceptors (Lipinski definition) is 2. The van der Waals surface area contributed by atoms with Gasteiger partial charge in [0.15, 0.2) is 0 Å². The van der Waals surface area contributed by atoms with Crippen LogP contribution in [0.5, 0.6) is 0 Å². The third-order valence-corrected chi connectivity index (χ3v) is 2.38. The molecule has 0 fully saturated rings. The number of pyridine rings is 1.